The number of sulfonamides is 2. The first-order chi connectivity index (χ1) is 10.0. The Hall–Kier alpha value is -0.960. The lowest BCUT2D eigenvalue weighted by Crippen LogP contribution is -2.40. The van der Waals surface area contributed by atoms with Gasteiger partial charge in [0.05, 0.1) is 9.79 Å². The standard InChI is InChI=1S/C14H22N2O4S2/c1-14(2,3)15-21(17,18)12-7-6-8-13(11-12)22(19,20)16-9-4-5-10-16/h6-8,11,15H,4-5,9-10H2,1-3H3. The molecule has 1 fully saturated rings. The Bertz CT molecular complexity index is 743. The molecule has 6 nitrogen and oxygen atoms in total. The molecule has 1 aromatic carbocycles. The first-order valence-electron chi connectivity index (χ1n) is 7.17. The van der Waals surface area contributed by atoms with Crippen LogP contribution in [0.3, 0.4) is 0 Å². The van der Waals surface area contributed by atoms with Crippen LogP contribution in [-0.2, 0) is 20.0 Å². The summed E-state index contributed by atoms with van der Waals surface area (Å²) in [5, 5.41) is 0. The van der Waals surface area contributed by atoms with Gasteiger partial charge in [0.15, 0.2) is 0 Å². The summed E-state index contributed by atoms with van der Waals surface area (Å²) in [4.78, 5) is -0.0196. The van der Waals surface area contributed by atoms with Crippen molar-refractivity contribution in [1.82, 2.24) is 9.03 Å². The number of hydrogen-bond donors (Lipinski definition) is 1. The molecule has 124 valence electrons. The molecule has 22 heavy (non-hydrogen) atoms. The summed E-state index contributed by atoms with van der Waals surface area (Å²) < 4.78 is 53.6. The molecule has 1 aliphatic heterocycles. The third-order valence-corrected chi connectivity index (χ3v) is 6.91. The van der Waals surface area contributed by atoms with Crippen LogP contribution in [0.4, 0.5) is 0 Å². The monoisotopic (exact) mass is 346 g/mol. The minimum absolute atomic E-state index is 0.0196. The number of nitrogens with one attached hydrogen (secondary N) is 1. The van der Waals surface area contributed by atoms with Crippen LogP contribution in [0.15, 0.2) is 34.1 Å². The Morgan fingerprint density at radius 3 is 2.09 bits per heavy atom. The van der Waals surface area contributed by atoms with Crippen LogP contribution in [0.25, 0.3) is 0 Å². The van der Waals surface area contributed by atoms with Gasteiger partial charge in [0, 0.05) is 18.6 Å². The molecular weight excluding hydrogens is 324 g/mol. The molecule has 1 heterocycles. The highest BCUT2D eigenvalue weighted by molar-refractivity contribution is 7.90. The molecule has 8 heteroatoms. The van der Waals surface area contributed by atoms with Crippen molar-refractivity contribution in [3.63, 3.8) is 0 Å². The van der Waals surface area contributed by atoms with Crippen molar-refractivity contribution >= 4 is 20.0 Å². The molecule has 0 unspecified atom stereocenters. The second-order valence-electron chi connectivity index (χ2n) is 6.44. The molecule has 1 aromatic rings. The van der Waals surface area contributed by atoms with Crippen LogP contribution >= 0.6 is 0 Å². The second kappa shape index (κ2) is 5.92. The van der Waals surface area contributed by atoms with E-state index in [1.54, 1.807) is 20.8 Å². The van der Waals surface area contributed by atoms with Crippen LogP contribution in [0.1, 0.15) is 33.6 Å². The summed E-state index contributed by atoms with van der Waals surface area (Å²) in [6.45, 7) is 6.17. The largest absolute Gasteiger partial charge is 0.243 e. The van der Waals surface area contributed by atoms with Gasteiger partial charge in [-0.25, -0.2) is 21.6 Å². The fourth-order valence-corrected chi connectivity index (χ4v) is 5.44. The summed E-state index contributed by atoms with van der Waals surface area (Å²) >= 11 is 0. The molecule has 0 radical (unpaired) electrons. The van der Waals surface area contributed by atoms with Crippen LogP contribution in [0, 0.1) is 0 Å². The van der Waals surface area contributed by atoms with E-state index in [9.17, 15) is 16.8 Å². The van der Waals surface area contributed by atoms with Crippen LogP contribution in [0.5, 0.6) is 0 Å². The van der Waals surface area contributed by atoms with Gasteiger partial charge in [-0.1, -0.05) is 6.07 Å². The van der Waals surface area contributed by atoms with Crippen LogP contribution in [0.2, 0.25) is 0 Å². The zero-order valence-corrected chi connectivity index (χ0v) is 14.7. The topological polar surface area (TPSA) is 83.5 Å². The normalized spacial score (nSPS) is 17.8. The fourth-order valence-electron chi connectivity index (χ4n) is 2.34. The van der Waals surface area contributed by atoms with E-state index >= 15 is 0 Å². The highest BCUT2D eigenvalue weighted by Crippen LogP contribution is 2.23. The van der Waals surface area contributed by atoms with E-state index in [4.69, 9.17) is 0 Å². The van der Waals surface area contributed by atoms with E-state index in [1.165, 1.54) is 28.6 Å². The van der Waals surface area contributed by atoms with E-state index in [1.807, 2.05) is 0 Å². The Labute approximate surface area is 132 Å². The molecule has 0 aliphatic carbocycles. The molecule has 0 bridgehead atoms. The molecular formula is C14H22N2O4S2. The smallest absolute Gasteiger partial charge is 0.207 e. The first kappa shape index (κ1) is 17.4. The zero-order chi connectivity index (χ0) is 16.6. The van der Waals surface area contributed by atoms with Crippen molar-refractivity contribution in [3.8, 4) is 0 Å². The highest BCUT2D eigenvalue weighted by atomic mass is 32.2. The Morgan fingerprint density at radius 2 is 1.55 bits per heavy atom. The van der Waals surface area contributed by atoms with Crippen molar-refractivity contribution in [2.24, 2.45) is 0 Å². The number of hydrogen-bond acceptors (Lipinski definition) is 4. The maximum atomic E-state index is 12.5. The Kier molecular flexibility index (Phi) is 4.68. The average Bonchev–Trinajstić information content (AvgIpc) is 2.90. The van der Waals surface area contributed by atoms with E-state index in [0.717, 1.165) is 12.8 Å². The van der Waals surface area contributed by atoms with Gasteiger partial charge in [0.25, 0.3) is 0 Å². The van der Waals surface area contributed by atoms with Gasteiger partial charge in [-0.15, -0.1) is 0 Å². The maximum absolute atomic E-state index is 12.5. The van der Waals surface area contributed by atoms with Crippen LogP contribution in [-0.4, -0.2) is 39.8 Å². The molecule has 1 aliphatic rings. The lowest BCUT2D eigenvalue weighted by Gasteiger charge is -2.21. The number of benzene rings is 1. The molecule has 2 rings (SSSR count). The summed E-state index contributed by atoms with van der Waals surface area (Å²) in [6.07, 6.45) is 1.67. The van der Waals surface area contributed by atoms with Crippen molar-refractivity contribution in [2.75, 3.05) is 13.1 Å². The van der Waals surface area contributed by atoms with Gasteiger partial charge in [0.1, 0.15) is 0 Å². The Morgan fingerprint density at radius 1 is 1.00 bits per heavy atom. The Balaban J connectivity index is 2.39. The van der Waals surface area contributed by atoms with Crippen molar-refractivity contribution < 1.29 is 16.8 Å². The molecule has 0 atom stereocenters. The maximum Gasteiger partial charge on any atom is 0.243 e. The SMILES string of the molecule is CC(C)(C)NS(=O)(=O)c1cccc(S(=O)(=O)N2CCCC2)c1. The summed E-state index contributed by atoms with van der Waals surface area (Å²) in [5.41, 5.74) is -0.636. The van der Waals surface area contributed by atoms with Gasteiger partial charge < -0.3 is 0 Å². The van der Waals surface area contributed by atoms with Gasteiger partial charge in [-0.3, -0.25) is 0 Å². The van der Waals surface area contributed by atoms with Crippen molar-refractivity contribution in [3.05, 3.63) is 24.3 Å². The predicted molar refractivity (Wildman–Crippen MR) is 84.5 cm³/mol. The minimum atomic E-state index is -3.76. The number of rotatable bonds is 4. The lowest BCUT2D eigenvalue weighted by molar-refractivity contribution is 0.477. The third kappa shape index (κ3) is 3.87. The lowest BCUT2D eigenvalue weighted by atomic mass is 10.1. The second-order valence-corrected chi connectivity index (χ2v) is 10.1. The van der Waals surface area contributed by atoms with Gasteiger partial charge >= 0.3 is 0 Å². The van der Waals surface area contributed by atoms with E-state index in [-0.39, 0.29) is 9.79 Å². The van der Waals surface area contributed by atoms with Crippen molar-refractivity contribution in [2.45, 2.75) is 48.9 Å². The first-order valence-corrected chi connectivity index (χ1v) is 10.1. The molecule has 0 spiro atoms. The number of nitrogens with zero attached hydrogens (tertiary/aromatic N) is 1. The minimum Gasteiger partial charge on any atom is -0.207 e. The highest BCUT2D eigenvalue weighted by Gasteiger charge is 2.29. The third-order valence-electron chi connectivity index (χ3n) is 3.26. The van der Waals surface area contributed by atoms with Gasteiger partial charge in [-0.2, -0.15) is 4.31 Å². The van der Waals surface area contributed by atoms with E-state index < -0.39 is 25.6 Å². The summed E-state index contributed by atoms with van der Waals surface area (Å²) in [7, 11) is -7.38. The van der Waals surface area contributed by atoms with E-state index in [0.29, 0.717) is 13.1 Å². The zero-order valence-electron chi connectivity index (χ0n) is 13.0. The summed E-state index contributed by atoms with van der Waals surface area (Å²) in [5.74, 6) is 0. The van der Waals surface area contributed by atoms with E-state index in [2.05, 4.69) is 4.72 Å². The molecule has 0 aromatic heterocycles. The average molecular weight is 346 g/mol. The molecule has 1 saturated heterocycles. The molecule has 0 saturated carbocycles. The van der Waals surface area contributed by atoms with Crippen molar-refractivity contribution in [1.29, 1.82) is 0 Å². The molecule has 0 amide bonds. The predicted octanol–water partition coefficient (Wildman–Crippen LogP) is 1.55. The van der Waals surface area contributed by atoms with Crippen LogP contribution < -0.4 is 4.72 Å². The summed E-state index contributed by atoms with van der Waals surface area (Å²) in [6, 6.07) is 5.52. The van der Waals surface area contributed by atoms with Gasteiger partial charge in [0.2, 0.25) is 20.0 Å². The fraction of sp³-hybridized carbons (Fsp3) is 0.571. The molecule has 1 N–H and O–H groups in total. The van der Waals surface area contributed by atoms with Gasteiger partial charge in [-0.05, 0) is 51.8 Å². The quantitative estimate of drug-likeness (QED) is 0.896.